The third-order valence-electron chi connectivity index (χ3n) is 5.85. The Bertz CT molecular complexity index is 366. The van der Waals surface area contributed by atoms with E-state index in [2.05, 4.69) is 25.7 Å². The average Bonchev–Trinajstić information content (AvgIpc) is 2.42. The van der Waals surface area contributed by atoms with Gasteiger partial charge in [0, 0.05) is 19.1 Å². The molecule has 1 saturated heterocycles. The molecule has 4 nitrogen and oxygen atoms in total. The first-order chi connectivity index (χ1) is 9.76. The standard InChI is InChI=1S/C17H31NO3/c1-5-16(2,3)13-6-8-14(9-7-13)18-11-17(4,12-18)21-10-15(19)20/h13-14H,5-12H2,1-4H3,(H,19,20). The zero-order valence-electron chi connectivity index (χ0n) is 14.0. The highest BCUT2D eigenvalue weighted by molar-refractivity contribution is 5.68. The summed E-state index contributed by atoms with van der Waals surface area (Å²) in [6, 6.07) is 0.676. The number of carboxylic acids is 1. The van der Waals surface area contributed by atoms with Gasteiger partial charge in [0.25, 0.3) is 0 Å². The number of carbonyl (C=O) groups is 1. The van der Waals surface area contributed by atoms with Gasteiger partial charge in [-0.25, -0.2) is 4.79 Å². The van der Waals surface area contributed by atoms with Gasteiger partial charge in [-0.2, -0.15) is 0 Å². The van der Waals surface area contributed by atoms with E-state index in [1.54, 1.807) is 0 Å². The quantitative estimate of drug-likeness (QED) is 0.818. The van der Waals surface area contributed by atoms with E-state index >= 15 is 0 Å². The third kappa shape index (κ3) is 3.98. The molecule has 0 atom stereocenters. The number of likely N-dealkylation sites (tertiary alicyclic amines) is 1. The average molecular weight is 297 g/mol. The molecule has 2 aliphatic rings. The maximum atomic E-state index is 10.6. The van der Waals surface area contributed by atoms with Crippen LogP contribution in [0.15, 0.2) is 0 Å². The summed E-state index contributed by atoms with van der Waals surface area (Å²) in [5.74, 6) is -0.0216. The number of ether oxygens (including phenoxy) is 1. The van der Waals surface area contributed by atoms with Gasteiger partial charge in [0.15, 0.2) is 0 Å². The second-order valence-electron chi connectivity index (χ2n) is 7.88. The first kappa shape index (κ1) is 16.8. The first-order valence-corrected chi connectivity index (χ1v) is 8.35. The van der Waals surface area contributed by atoms with E-state index in [-0.39, 0.29) is 12.2 Å². The monoisotopic (exact) mass is 297 g/mol. The van der Waals surface area contributed by atoms with E-state index < -0.39 is 5.97 Å². The Labute approximate surface area is 128 Å². The van der Waals surface area contributed by atoms with Gasteiger partial charge in [-0.1, -0.05) is 27.2 Å². The lowest BCUT2D eigenvalue weighted by molar-refractivity contribution is -0.171. The van der Waals surface area contributed by atoms with Gasteiger partial charge in [0.1, 0.15) is 6.61 Å². The lowest BCUT2D eigenvalue weighted by Gasteiger charge is -2.53. The fraction of sp³-hybridized carbons (Fsp3) is 0.941. The molecule has 0 aromatic rings. The highest BCUT2D eigenvalue weighted by Crippen LogP contribution is 2.42. The maximum Gasteiger partial charge on any atom is 0.329 e. The van der Waals surface area contributed by atoms with Crippen molar-refractivity contribution in [2.45, 2.75) is 71.4 Å². The molecule has 0 spiro atoms. The number of nitrogens with zero attached hydrogens (tertiary/aromatic N) is 1. The molecule has 0 aromatic heterocycles. The number of rotatable bonds is 6. The highest BCUT2D eigenvalue weighted by atomic mass is 16.5. The molecule has 2 fully saturated rings. The Hall–Kier alpha value is -0.610. The van der Waals surface area contributed by atoms with Crippen molar-refractivity contribution < 1.29 is 14.6 Å². The van der Waals surface area contributed by atoms with Crippen molar-refractivity contribution in [2.24, 2.45) is 11.3 Å². The summed E-state index contributed by atoms with van der Waals surface area (Å²) in [6.45, 7) is 10.7. The van der Waals surface area contributed by atoms with Crippen molar-refractivity contribution in [3.8, 4) is 0 Å². The van der Waals surface area contributed by atoms with Crippen LogP contribution in [0.2, 0.25) is 0 Å². The third-order valence-corrected chi connectivity index (χ3v) is 5.85. The minimum atomic E-state index is -0.878. The van der Waals surface area contributed by atoms with Crippen LogP contribution in [0.3, 0.4) is 0 Å². The number of carboxylic acid groups (broad SMARTS) is 1. The lowest BCUT2D eigenvalue weighted by Crippen LogP contribution is -2.65. The predicted molar refractivity (Wildman–Crippen MR) is 83.4 cm³/mol. The molecular formula is C17H31NO3. The van der Waals surface area contributed by atoms with Crippen LogP contribution >= 0.6 is 0 Å². The fourth-order valence-electron chi connectivity index (χ4n) is 3.91. The Morgan fingerprint density at radius 2 is 1.86 bits per heavy atom. The fourth-order valence-corrected chi connectivity index (χ4v) is 3.91. The minimum absolute atomic E-state index is 0.179. The summed E-state index contributed by atoms with van der Waals surface area (Å²) in [5, 5.41) is 8.70. The van der Waals surface area contributed by atoms with Crippen LogP contribution in [-0.4, -0.2) is 47.3 Å². The second-order valence-corrected chi connectivity index (χ2v) is 7.88. The minimum Gasteiger partial charge on any atom is -0.480 e. The Morgan fingerprint density at radius 1 is 1.29 bits per heavy atom. The molecule has 122 valence electrons. The summed E-state index contributed by atoms with van der Waals surface area (Å²) in [5.41, 5.74) is 0.219. The maximum absolute atomic E-state index is 10.6. The van der Waals surface area contributed by atoms with Crippen LogP contribution in [0.5, 0.6) is 0 Å². The molecule has 0 aromatic carbocycles. The van der Waals surface area contributed by atoms with Gasteiger partial charge in [0.2, 0.25) is 0 Å². The smallest absolute Gasteiger partial charge is 0.329 e. The number of hydrogen-bond acceptors (Lipinski definition) is 3. The molecule has 0 amide bonds. The zero-order valence-corrected chi connectivity index (χ0v) is 14.0. The van der Waals surface area contributed by atoms with Crippen molar-refractivity contribution >= 4 is 5.97 Å². The van der Waals surface area contributed by atoms with Gasteiger partial charge in [-0.15, -0.1) is 0 Å². The van der Waals surface area contributed by atoms with Crippen LogP contribution in [0.25, 0.3) is 0 Å². The van der Waals surface area contributed by atoms with Crippen molar-refractivity contribution in [3.63, 3.8) is 0 Å². The molecule has 1 aliphatic carbocycles. The molecule has 21 heavy (non-hydrogen) atoms. The molecule has 0 unspecified atom stereocenters. The largest absolute Gasteiger partial charge is 0.480 e. The number of hydrogen-bond donors (Lipinski definition) is 1. The lowest BCUT2D eigenvalue weighted by atomic mass is 9.68. The second kappa shape index (κ2) is 6.25. The molecule has 2 rings (SSSR count). The van der Waals surface area contributed by atoms with Crippen molar-refractivity contribution in [1.82, 2.24) is 4.90 Å². The molecule has 1 N–H and O–H groups in total. The summed E-state index contributed by atoms with van der Waals surface area (Å²) in [4.78, 5) is 13.1. The van der Waals surface area contributed by atoms with E-state index in [0.29, 0.717) is 11.5 Å². The van der Waals surface area contributed by atoms with Crippen LogP contribution in [0.4, 0.5) is 0 Å². The van der Waals surface area contributed by atoms with E-state index in [1.165, 1.54) is 32.1 Å². The van der Waals surface area contributed by atoms with Crippen LogP contribution in [-0.2, 0) is 9.53 Å². The van der Waals surface area contributed by atoms with Crippen molar-refractivity contribution in [3.05, 3.63) is 0 Å². The van der Waals surface area contributed by atoms with Crippen LogP contribution < -0.4 is 0 Å². The first-order valence-electron chi connectivity index (χ1n) is 8.35. The van der Waals surface area contributed by atoms with Gasteiger partial charge >= 0.3 is 5.97 Å². The molecule has 4 heteroatoms. The number of aliphatic carboxylic acids is 1. The summed E-state index contributed by atoms with van der Waals surface area (Å²) in [6.07, 6.45) is 6.47. The van der Waals surface area contributed by atoms with E-state index in [1.807, 2.05) is 6.92 Å². The SMILES string of the molecule is CCC(C)(C)C1CCC(N2CC(C)(OCC(=O)O)C2)CC1. The van der Waals surface area contributed by atoms with Gasteiger partial charge in [-0.3, -0.25) is 4.90 Å². The van der Waals surface area contributed by atoms with Crippen molar-refractivity contribution in [2.75, 3.05) is 19.7 Å². The molecular weight excluding hydrogens is 266 g/mol. The topological polar surface area (TPSA) is 49.8 Å². The predicted octanol–water partition coefficient (Wildman–Crippen LogP) is 3.16. The highest BCUT2D eigenvalue weighted by Gasteiger charge is 2.44. The zero-order chi connectivity index (χ0) is 15.7. The summed E-state index contributed by atoms with van der Waals surface area (Å²) < 4.78 is 5.50. The van der Waals surface area contributed by atoms with Gasteiger partial charge < -0.3 is 9.84 Å². The summed E-state index contributed by atoms with van der Waals surface area (Å²) in [7, 11) is 0. The normalized spacial score (nSPS) is 29.9. The Morgan fingerprint density at radius 3 is 2.33 bits per heavy atom. The van der Waals surface area contributed by atoms with Gasteiger partial charge in [-0.05, 0) is 43.9 Å². The van der Waals surface area contributed by atoms with E-state index in [9.17, 15) is 4.79 Å². The van der Waals surface area contributed by atoms with Crippen LogP contribution in [0.1, 0.15) is 59.8 Å². The molecule has 0 bridgehead atoms. The molecule has 1 aliphatic heterocycles. The van der Waals surface area contributed by atoms with Crippen LogP contribution in [0, 0.1) is 11.3 Å². The van der Waals surface area contributed by atoms with Gasteiger partial charge in [0.05, 0.1) is 5.60 Å². The van der Waals surface area contributed by atoms with E-state index in [0.717, 1.165) is 19.0 Å². The summed E-state index contributed by atoms with van der Waals surface area (Å²) >= 11 is 0. The molecule has 1 saturated carbocycles. The Balaban J connectivity index is 1.74. The molecule has 1 heterocycles. The van der Waals surface area contributed by atoms with Crippen molar-refractivity contribution in [1.29, 1.82) is 0 Å². The van der Waals surface area contributed by atoms with E-state index in [4.69, 9.17) is 9.84 Å². The Kier molecular flexibility index (Phi) is 4.99. The molecule has 0 radical (unpaired) electrons.